The maximum absolute atomic E-state index is 12.2. The summed E-state index contributed by atoms with van der Waals surface area (Å²) in [5.41, 5.74) is 7.40. The van der Waals surface area contributed by atoms with Crippen molar-refractivity contribution in [3.8, 4) is 0 Å². The molecule has 7 heteroatoms. The van der Waals surface area contributed by atoms with Crippen molar-refractivity contribution in [2.24, 2.45) is 11.8 Å². The third-order valence-electron chi connectivity index (χ3n) is 4.59. The third-order valence-corrected chi connectivity index (χ3v) is 4.59. The molecule has 0 spiro atoms. The van der Waals surface area contributed by atoms with E-state index >= 15 is 0 Å². The molecule has 0 aliphatic carbocycles. The van der Waals surface area contributed by atoms with E-state index in [9.17, 15) is 19.8 Å². The number of benzene rings is 1. The fourth-order valence-corrected chi connectivity index (χ4v) is 3.60. The monoisotopic (exact) mass is 340 g/mol. The number of fused-ring (bicyclic) bond motifs is 1. The molecule has 116 valence electrons. The summed E-state index contributed by atoms with van der Waals surface area (Å²) in [5, 5.41) is 21.3. The van der Waals surface area contributed by atoms with Gasteiger partial charge >= 0.3 is 51.4 Å². The fourth-order valence-electron chi connectivity index (χ4n) is 3.60. The van der Waals surface area contributed by atoms with E-state index in [2.05, 4.69) is 0 Å². The first kappa shape index (κ1) is 18.6. The summed E-state index contributed by atoms with van der Waals surface area (Å²) in [7, 11) is 0. The van der Waals surface area contributed by atoms with E-state index in [-0.39, 0.29) is 74.9 Å². The molecule has 0 unspecified atom stereocenters. The first-order valence-electron chi connectivity index (χ1n) is 7.17. The number of amides is 1. The molecule has 6 nitrogen and oxygen atoms in total. The number of hydrogen-bond donors (Lipinski definition) is 2. The summed E-state index contributed by atoms with van der Waals surface area (Å²) >= 11 is 0. The van der Waals surface area contributed by atoms with Gasteiger partial charge in [-0.25, -0.2) is 0 Å². The van der Waals surface area contributed by atoms with Gasteiger partial charge in [0.05, 0.1) is 29.7 Å². The number of aliphatic hydroxyl groups is 1. The molecule has 23 heavy (non-hydrogen) atoms. The van der Waals surface area contributed by atoms with E-state index in [0.717, 1.165) is 0 Å². The van der Waals surface area contributed by atoms with Gasteiger partial charge in [-0.1, -0.05) is 19.1 Å². The van der Waals surface area contributed by atoms with Gasteiger partial charge in [-0.15, -0.1) is 0 Å². The van der Waals surface area contributed by atoms with Crippen molar-refractivity contribution in [1.82, 2.24) is 4.90 Å². The number of carboxylic acids is 1. The number of carbonyl (C=O) groups is 2. The summed E-state index contributed by atoms with van der Waals surface area (Å²) in [4.78, 5) is 25.0. The Hall–Kier alpha value is -0.704. The number of carbonyl (C=O) groups excluding carboxylic acids is 2. The minimum Gasteiger partial charge on any atom is -0.543 e. The number of aliphatic hydroxyl groups excluding tert-OH is 1. The summed E-state index contributed by atoms with van der Waals surface area (Å²) < 4.78 is 0. The predicted octanol–water partition coefficient (Wildman–Crippen LogP) is -3.41. The molecule has 1 saturated heterocycles. The van der Waals surface area contributed by atoms with Gasteiger partial charge in [-0.3, -0.25) is 4.79 Å². The zero-order chi connectivity index (χ0) is 16.2. The summed E-state index contributed by atoms with van der Waals surface area (Å²) in [6.45, 7) is 3.41. The SMILES string of the molecule is C[C@@H](O)[C@H]1C(=O)N2C(C(=O)[O-])=C(c3ccc(N)cc3)[C@H](C)[C@H]12.[K+]. The number of rotatable bonds is 3. The predicted molar refractivity (Wildman–Crippen MR) is 77.8 cm³/mol. The van der Waals surface area contributed by atoms with Crippen LogP contribution in [0.15, 0.2) is 30.0 Å². The van der Waals surface area contributed by atoms with E-state index in [0.29, 0.717) is 16.8 Å². The molecule has 0 aromatic heterocycles. The Morgan fingerprint density at radius 3 is 2.39 bits per heavy atom. The Morgan fingerprint density at radius 2 is 1.91 bits per heavy atom. The van der Waals surface area contributed by atoms with Crippen LogP contribution in [0.4, 0.5) is 5.69 Å². The van der Waals surface area contributed by atoms with Gasteiger partial charge in [0.25, 0.3) is 0 Å². The molecule has 4 atom stereocenters. The van der Waals surface area contributed by atoms with Crippen LogP contribution >= 0.6 is 0 Å². The van der Waals surface area contributed by atoms with Crippen molar-refractivity contribution in [2.45, 2.75) is 26.0 Å². The van der Waals surface area contributed by atoms with Crippen LogP contribution in [0, 0.1) is 11.8 Å². The fraction of sp³-hybridized carbons (Fsp3) is 0.375. The first-order valence-corrected chi connectivity index (χ1v) is 7.17. The minimum atomic E-state index is -1.38. The second kappa shape index (κ2) is 6.66. The van der Waals surface area contributed by atoms with Crippen LogP contribution in [-0.2, 0) is 9.59 Å². The molecule has 2 aliphatic heterocycles. The molecule has 1 aromatic carbocycles. The van der Waals surface area contributed by atoms with Gasteiger partial charge in [0.15, 0.2) is 0 Å². The number of nitrogens with zero attached hydrogens (tertiary/aromatic N) is 1. The van der Waals surface area contributed by atoms with Gasteiger partial charge in [-0.2, -0.15) is 0 Å². The standard InChI is InChI=1S/C16H18N2O4.K/c1-7-11(9-3-5-10(17)6-4-9)14(16(21)22)18-13(7)12(8(2)19)15(18)20;/h3-8,12-13,19H,17H2,1-2H3,(H,21,22);/q;+1/p-1/t7-,8+,12+,13+;/m0./s1. The molecule has 1 aromatic rings. The van der Waals surface area contributed by atoms with Gasteiger partial charge in [-0.05, 0) is 30.2 Å². The van der Waals surface area contributed by atoms with Gasteiger partial charge in [0.2, 0.25) is 5.91 Å². The van der Waals surface area contributed by atoms with Gasteiger partial charge < -0.3 is 25.6 Å². The van der Waals surface area contributed by atoms with Crippen LogP contribution in [0.25, 0.3) is 5.57 Å². The Morgan fingerprint density at radius 1 is 1.35 bits per heavy atom. The largest absolute Gasteiger partial charge is 1.00 e. The molecular weight excluding hydrogens is 323 g/mol. The van der Waals surface area contributed by atoms with Crippen molar-refractivity contribution in [1.29, 1.82) is 0 Å². The second-order valence-electron chi connectivity index (χ2n) is 5.93. The van der Waals surface area contributed by atoms with Crippen molar-refractivity contribution in [3.63, 3.8) is 0 Å². The maximum Gasteiger partial charge on any atom is 1.00 e. The number of aliphatic carboxylic acids is 1. The van der Waals surface area contributed by atoms with E-state index in [1.807, 2.05) is 6.92 Å². The smallest absolute Gasteiger partial charge is 0.543 e. The molecule has 0 radical (unpaired) electrons. The van der Waals surface area contributed by atoms with Crippen molar-refractivity contribution < 1.29 is 71.2 Å². The second-order valence-corrected chi connectivity index (χ2v) is 5.93. The first-order chi connectivity index (χ1) is 10.3. The Kier molecular flexibility index (Phi) is 5.39. The van der Waals surface area contributed by atoms with Crippen molar-refractivity contribution >= 4 is 23.1 Å². The summed E-state index contributed by atoms with van der Waals surface area (Å²) in [6, 6.07) is 6.50. The van der Waals surface area contributed by atoms with E-state index in [1.54, 1.807) is 31.2 Å². The average Bonchev–Trinajstić information content (AvgIpc) is 2.69. The number of nitrogens with two attached hydrogens (primary N) is 1. The number of β-lactam (4-membered cyclic amide) rings is 1. The molecule has 2 aliphatic rings. The van der Waals surface area contributed by atoms with Gasteiger partial charge in [0, 0.05) is 11.6 Å². The molecule has 3 N–H and O–H groups in total. The average molecular weight is 340 g/mol. The zero-order valence-electron chi connectivity index (χ0n) is 13.3. The molecular formula is C16H17KN2O4. The Labute approximate surface area is 176 Å². The van der Waals surface area contributed by atoms with E-state index in [1.165, 1.54) is 4.90 Å². The van der Waals surface area contributed by atoms with Crippen LogP contribution in [0.1, 0.15) is 19.4 Å². The molecule has 1 amide bonds. The maximum atomic E-state index is 12.2. The molecule has 3 rings (SSSR count). The minimum absolute atomic E-state index is 0. The van der Waals surface area contributed by atoms with Crippen LogP contribution in [0.3, 0.4) is 0 Å². The van der Waals surface area contributed by atoms with Crippen molar-refractivity contribution in [2.75, 3.05) is 5.73 Å². The summed E-state index contributed by atoms with van der Waals surface area (Å²) in [6.07, 6.45) is -0.815. The number of hydrogen-bond acceptors (Lipinski definition) is 5. The topological polar surface area (TPSA) is 107 Å². The quantitative estimate of drug-likeness (QED) is 0.339. The third kappa shape index (κ3) is 2.79. The molecule has 2 heterocycles. The number of nitrogen functional groups attached to an aromatic ring is 1. The van der Waals surface area contributed by atoms with E-state index < -0.39 is 18.0 Å². The molecule has 0 saturated carbocycles. The number of carboxylic acid groups (broad SMARTS) is 1. The van der Waals surface area contributed by atoms with Crippen molar-refractivity contribution in [3.05, 3.63) is 35.5 Å². The Bertz CT molecular complexity index is 684. The normalized spacial score (nSPS) is 27.2. The Balaban J connectivity index is 0.00000192. The summed E-state index contributed by atoms with van der Waals surface area (Å²) in [5.74, 6) is -2.51. The molecule has 0 bridgehead atoms. The van der Waals surface area contributed by atoms with Crippen LogP contribution < -0.4 is 62.2 Å². The van der Waals surface area contributed by atoms with Crippen LogP contribution in [0.5, 0.6) is 0 Å². The van der Waals surface area contributed by atoms with Crippen LogP contribution in [-0.4, -0.2) is 34.0 Å². The van der Waals surface area contributed by atoms with Crippen LogP contribution in [0.2, 0.25) is 0 Å². The number of anilines is 1. The van der Waals surface area contributed by atoms with Gasteiger partial charge in [0.1, 0.15) is 0 Å². The molecule has 1 fully saturated rings. The zero-order valence-corrected chi connectivity index (χ0v) is 16.4. The van der Waals surface area contributed by atoms with E-state index in [4.69, 9.17) is 5.73 Å².